The minimum absolute atomic E-state index is 0.105. The van der Waals surface area contributed by atoms with E-state index in [2.05, 4.69) is 6.07 Å². The van der Waals surface area contributed by atoms with Gasteiger partial charge < -0.3 is 9.64 Å². The molecule has 1 amide bonds. The van der Waals surface area contributed by atoms with E-state index in [1.807, 2.05) is 45.9 Å². The fraction of sp³-hybridized carbons (Fsp3) is 0.529. The van der Waals surface area contributed by atoms with E-state index >= 15 is 0 Å². The average molecular weight is 288 g/mol. The van der Waals surface area contributed by atoms with Crippen molar-refractivity contribution in [3.63, 3.8) is 0 Å². The normalized spacial score (nSPS) is 11.6. The Morgan fingerprint density at radius 2 is 2.00 bits per heavy atom. The minimum atomic E-state index is -0.630. The number of carbonyl (C=O) groups is 1. The van der Waals surface area contributed by atoms with Crippen LogP contribution in [0, 0.1) is 31.1 Å². The third kappa shape index (κ3) is 4.49. The van der Waals surface area contributed by atoms with Crippen LogP contribution in [0.4, 0.5) is 0 Å². The maximum absolute atomic E-state index is 12.1. The van der Waals surface area contributed by atoms with Crippen LogP contribution in [0.1, 0.15) is 31.4 Å². The van der Waals surface area contributed by atoms with Gasteiger partial charge in [0.15, 0.2) is 0 Å². The maximum Gasteiger partial charge on any atom is 0.240 e. The zero-order valence-electron chi connectivity index (χ0n) is 13.3. The molecule has 0 aliphatic carbocycles. The Morgan fingerprint density at radius 1 is 1.33 bits per heavy atom. The van der Waals surface area contributed by atoms with Gasteiger partial charge in [-0.25, -0.2) is 0 Å². The van der Waals surface area contributed by atoms with Crippen molar-refractivity contribution in [3.8, 4) is 11.8 Å². The Balaban J connectivity index is 2.59. The van der Waals surface area contributed by atoms with E-state index in [0.717, 1.165) is 11.3 Å². The molecule has 0 spiro atoms. The molecule has 1 rings (SSSR count). The molecule has 1 aromatic rings. The highest BCUT2D eigenvalue weighted by atomic mass is 16.5. The smallest absolute Gasteiger partial charge is 0.240 e. The first kappa shape index (κ1) is 17.0. The minimum Gasteiger partial charge on any atom is -0.493 e. The van der Waals surface area contributed by atoms with Gasteiger partial charge in [0.05, 0.1) is 12.7 Å². The summed E-state index contributed by atoms with van der Waals surface area (Å²) >= 11 is 0. The fourth-order valence-electron chi connectivity index (χ4n) is 2.17. The van der Waals surface area contributed by atoms with E-state index in [1.54, 1.807) is 4.90 Å². The summed E-state index contributed by atoms with van der Waals surface area (Å²) in [6.45, 7) is 9.51. The van der Waals surface area contributed by atoms with E-state index in [0.29, 0.717) is 26.1 Å². The zero-order valence-corrected chi connectivity index (χ0v) is 13.3. The first-order valence-corrected chi connectivity index (χ1v) is 7.42. The van der Waals surface area contributed by atoms with Crippen LogP contribution in [-0.4, -0.2) is 30.5 Å². The Labute approximate surface area is 127 Å². The number of carbonyl (C=O) groups excluding carboxylic acids is 1. The summed E-state index contributed by atoms with van der Waals surface area (Å²) in [6.07, 6.45) is 0.416. The van der Waals surface area contributed by atoms with Gasteiger partial charge in [-0.3, -0.25) is 4.79 Å². The van der Waals surface area contributed by atoms with Crippen LogP contribution < -0.4 is 4.74 Å². The molecule has 0 bridgehead atoms. The van der Waals surface area contributed by atoms with Crippen LogP contribution in [0.3, 0.4) is 0 Å². The van der Waals surface area contributed by atoms with Crippen LogP contribution in [0.2, 0.25) is 0 Å². The summed E-state index contributed by atoms with van der Waals surface area (Å²) in [5.41, 5.74) is 2.27. The third-order valence-corrected chi connectivity index (χ3v) is 3.75. The lowest BCUT2D eigenvalue weighted by Gasteiger charge is -2.21. The van der Waals surface area contributed by atoms with Gasteiger partial charge in [-0.1, -0.05) is 12.1 Å². The third-order valence-electron chi connectivity index (χ3n) is 3.75. The summed E-state index contributed by atoms with van der Waals surface area (Å²) in [6, 6.07) is 7.98. The number of aryl methyl sites for hydroxylation is 1. The van der Waals surface area contributed by atoms with Crippen LogP contribution in [0.25, 0.3) is 0 Å². The molecular weight excluding hydrogens is 264 g/mol. The molecule has 0 aromatic heterocycles. The SMILES string of the molecule is CCN(CC)C(=O)C(C#N)CCOc1cccc(C)c1C. The molecule has 0 aliphatic rings. The van der Waals surface area contributed by atoms with Crippen molar-refractivity contribution in [3.05, 3.63) is 29.3 Å². The lowest BCUT2D eigenvalue weighted by atomic mass is 10.1. The van der Waals surface area contributed by atoms with E-state index in [1.165, 1.54) is 5.56 Å². The number of amides is 1. The summed E-state index contributed by atoms with van der Waals surface area (Å²) in [7, 11) is 0. The molecule has 0 heterocycles. The number of nitrogens with zero attached hydrogens (tertiary/aromatic N) is 2. The van der Waals surface area contributed by atoms with Crippen LogP contribution in [0.5, 0.6) is 5.75 Å². The van der Waals surface area contributed by atoms with Crippen molar-refractivity contribution in [1.29, 1.82) is 5.26 Å². The number of ether oxygens (including phenoxy) is 1. The number of rotatable bonds is 7. The first-order valence-electron chi connectivity index (χ1n) is 7.42. The predicted molar refractivity (Wildman–Crippen MR) is 83.1 cm³/mol. The van der Waals surface area contributed by atoms with E-state index in [9.17, 15) is 10.1 Å². The first-order chi connectivity index (χ1) is 10.0. The predicted octanol–water partition coefficient (Wildman–Crippen LogP) is 3.08. The van der Waals surface area contributed by atoms with Gasteiger partial charge in [-0.15, -0.1) is 0 Å². The lowest BCUT2D eigenvalue weighted by molar-refractivity contribution is -0.133. The second kappa shape index (κ2) is 8.31. The Kier molecular flexibility index (Phi) is 6.74. The molecule has 1 aromatic carbocycles. The molecule has 0 radical (unpaired) electrons. The Hall–Kier alpha value is -2.02. The monoisotopic (exact) mass is 288 g/mol. The second-order valence-corrected chi connectivity index (χ2v) is 5.03. The Bertz CT molecular complexity index is 516. The standard InChI is InChI=1S/C17H24N2O2/c1-5-19(6-2)17(20)15(12-18)10-11-21-16-9-7-8-13(3)14(16)4/h7-9,15H,5-6,10-11H2,1-4H3. The van der Waals surface area contributed by atoms with Crippen molar-refractivity contribution in [2.75, 3.05) is 19.7 Å². The molecule has 21 heavy (non-hydrogen) atoms. The zero-order chi connectivity index (χ0) is 15.8. The quantitative estimate of drug-likeness (QED) is 0.774. The van der Waals surface area contributed by atoms with Gasteiger partial charge in [-0.05, 0) is 44.9 Å². The summed E-state index contributed by atoms with van der Waals surface area (Å²) in [5.74, 6) is 0.0871. The average Bonchev–Trinajstić information content (AvgIpc) is 2.49. The van der Waals surface area contributed by atoms with E-state index in [4.69, 9.17) is 4.74 Å². The Morgan fingerprint density at radius 3 is 2.57 bits per heavy atom. The summed E-state index contributed by atoms with van der Waals surface area (Å²) < 4.78 is 5.73. The molecule has 0 saturated heterocycles. The van der Waals surface area contributed by atoms with Crippen LogP contribution in [-0.2, 0) is 4.79 Å². The van der Waals surface area contributed by atoms with E-state index in [-0.39, 0.29) is 5.91 Å². The number of hydrogen-bond acceptors (Lipinski definition) is 3. The van der Waals surface area contributed by atoms with Crippen molar-refractivity contribution >= 4 is 5.91 Å². The van der Waals surface area contributed by atoms with Gasteiger partial charge in [-0.2, -0.15) is 5.26 Å². The molecule has 1 atom stereocenters. The molecule has 1 unspecified atom stereocenters. The van der Waals surface area contributed by atoms with Gasteiger partial charge >= 0.3 is 0 Å². The molecule has 0 fully saturated rings. The highest BCUT2D eigenvalue weighted by molar-refractivity contribution is 5.81. The maximum atomic E-state index is 12.1. The second-order valence-electron chi connectivity index (χ2n) is 5.03. The van der Waals surface area contributed by atoms with Gasteiger partial charge in [0.25, 0.3) is 0 Å². The molecule has 114 valence electrons. The molecular formula is C17H24N2O2. The molecule has 0 aliphatic heterocycles. The largest absolute Gasteiger partial charge is 0.493 e. The van der Waals surface area contributed by atoms with Crippen molar-refractivity contribution in [1.82, 2.24) is 4.90 Å². The van der Waals surface area contributed by atoms with Crippen LogP contribution >= 0.6 is 0 Å². The number of hydrogen-bond donors (Lipinski definition) is 0. The van der Waals surface area contributed by atoms with E-state index < -0.39 is 5.92 Å². The lowest BCUT2D eigenvalue weighted by Crippen LogP contribution is -2.36. The highest BCUT2D eigenvalue weighted by Gasteiger charge is 2.22. The highest BCUT2D eigenvalue weighted by Crippen LogP contribution is 2.21. The molecule has 4 heteroatoms. The molecule has 0 saturated carbocycles. The fourth-order valence-corrected chi connectivity index (χ4v) is 2.17. The topological polar surface area (TPSA) is 53.3 Å². The number of nitriles is 1. The van der Waals surface area contributed by atoms with Crippen molar-refractivity contribution in [2.45, 2.75) is 34.1 Å². The van der Waals surface area contributed by atoms with Crippen LogP contribution in [0.15, 0.2) is 18.2 Å². The summed E-state index contributed by atoms with van der Waals surface area (Å²) in [4.78, 5) is 13.8. The molecule has 4 nitrogen and oxygen atoms in total. The van der Waals surface area contributed by atoms with Crippen molar-refractivity contribution in [2.24, 2.45) is 5.92 Å². The van der Waals surface area contributed by atoms with Gasteiger partial charge in [0.1, 0.15) is 11.7 Å². The molecule has 0 N–H and O–H groups in total. The van der Waals surface area contributed by atoms with Gasteiger partial charge in [0.2, 0.25) is 5.91 Å². The van der Waals surface area contributed by atoms with Crippen molar-refractivity contribution < 1.29 is 9.53 Å². The van der Waals surface area contributed by atoms with Gasteiger partial charge in [0, 0.05) is 19.5 Å². The summed E-state index contributed by atoms with van der Waals surface area (Å²) in [5, 5.41) is 9.18. The number of benzene rings is 1.